The van der Waals surface area contributed by atoms with Crippen LogP contribution < -0.4 is 11.1 Å². The predicted molar refractivity (Wildman–Crippen MR) is 73.5 cm³/mol. The average molecular weight is 288 g/mol. The van der Waals surface area contributed by atoms with Crippen molar-refractivity contribution in [2.75, 3.05) is 45.7 Å². The molecular weight excluding hydrogens is 268 g/mol. The summed E-state index contributed by atoms with van der Waals surface area (Å²) in [5.41, 5.74) is 5.29. The van der Waals surface area contributed by atoms with Crippen molar-refractivity contribution in [3.05, 3.63) is 18.3 Å². The van der Waals surface area contributed by atoms with Crippen LogP contribution in [0.3, 0.4) is 0 Å². The molecule has 0 spiro atoms. The van der Waals surface area contributed by atoms with Crippen molar-refractivity contribution in [2.45, 2.75) is 4.90 Å². The Morgan fingerprint density at radius 2 is 2.11 bits per heavy atom. The molecular formula is C11H20N4O3S. The van der Waals surface area contributed by atoms with Crippen LogP contribution in [0.1, 0.15) is 0 Å². The summed E-state index contributed by atoms with van der Waals surface area (Å²) in [4.78, 5) is 4.22. The molecule has 108 valence electrons. The van der Waals surface area contributed by atoms with E-state index in [1.165, 1.54) is 26.4 Å². The lowest BCUT2D eigenvalue weighted by atomic mass is 10.4. The van der Waals surface area contributed by atoms with E-state index in [2.05, 4.69) is 10.3 Å². The average Bonchev–Trinajstić information content (AvgIpc) is 2.39. The molecule has 19 heavy (non-hydrogen) atoms. The minimum absolute atomic E-state index is 0.169. The van der Waals surface area contributed by atoms with Crippen LogP contribution >= 0.6 is 0 Å². The summed E-state index contributed by atoms with van der Waals surface area (Å²) >= 11 is 0. The lowest BCUT2D eigenvalue weighted by Gasteiger charge is -2.11. The van der Waals surface area contributed by atoms with E-state index >= 15 is 0 Å². The van der Waals surface area contributed by atoms with Gasteiger partial charge in [-0.05, 0) is 12.1 Å². The number of ether oxygens (including phenoxy) is 1. The van der Waals surface area contributed by atoms with Crippen LogP contribution in [0, 0.1) is 0 Å². The maximum Gasteiger partial charge on any atom is 0.244 e. The van der Waals surface area contributed by atoms with Crippen LogP contribution in [0.4, 0.5) is 5.82 Å². The van der Waals surface area contributed by atoms with Crippen molar-refractivity contribution in [3.63, 3.8) is 0 Å². The van der Waals surface area contributed by atoms with Crippen LogP contribution in [0.2, 0.25) is 0 Å². The second kappa shape index (κ2) is 7.39. The summed E-state index contributed by atoms with van der Waals surface area (Å²) < 4.78 is 30.0. The van der Waals surface area contributed by atoms with Gasteiger partial charge in [-0.1, -0.05) is 0 Å². The van der Waals surface area contributed by atoms with Crippen LogP contribution in [0.5, 0.6) is 0 Å². The number of sulfonamides is 1. The van der Waals surface area contributed by atoms with Gasteiger partial charge in [0, 0.05) is 33.4 Å². The van der Waals surface area contributed by atoms with Gasteiger partial charge in [-0.15, -0.1) is 0 Å². The normalized spacial score (nSPS) is 11.8. The maximum atomic E-state index is 11.8. The highest BCUT2D eigenvalue weighted by atomic mass is 32.2. The molecule has 0 fully saturated rings. The highest BCUT2D eigenvalue weighted by Gasteiger charge is 2.17. The van der Waals surface area contributed by atoms with E-state index in [1.54, 1.807) is 6.07 Å². The second-order valence-electron chi connectivity index (χ2n) is 3.99. The van der Waals surface area contributed by atoms with Crippen molar-refractivity contribution in [2.24, 2.45) is 5.73 Å². The number of hydrogen-bond acceptors (Lipinski definition) is 6. The number of hydrogen-bond donors (Lipinski definition) is 2. The molecule has 3 N–H and O–H groups in total. The Morgan fingerprint density at radius 3 is 2.63 bits per heavy atom. The molecule has 8 heteroatoms. The summed E-state index contributed by atoms with van der Waals surface area (Å²) in [5, 5.41) is 3.03. The van der Waals surface area contributed by atoms with E-state index in [4.69, 9.17) is 10.5 Å². The molecule has 1 rings (SSSR count). The number of nitrogens with zero attached hydrogens (tertiary/aromatic N) is 2. The Hall–Kier alpha value is -1.22. The van der Waals surface area contributed by atoms with Crippen LogP contribution in [-0.2, 0) is 14.8 Å². The Bertz CT molecular complexity index is 473. The standard InChI is InChI=1S/C11H20N4O3S/c1-15(2)19(16,17)10-3-4-11(14-9-10)13-6-8-18-7-5-12/h3-4,9H,5-8,12H2,1-2H3,(H,13,14). The number of anilines is 1. The Kier molecular flexibility index (Phi) is 6.16. The van der Waals surface area contributed by atoms with Gasteiger partial charge in [0.25, 0.3) is 0 Å². The lowest BCUT2D eigenvalue weighted by Crippen LogP contribution is -2.22. The van der Waals surface area contributed by atoms with Crippen molar-refractivity contribution in [1.82, 2.24) is 9.29 Å². The fourth-order valence-electron chi connectivity index (χ4n) is 1.28. The van der Waals surface area contributed by atoms with E-state index in [9.17, 15) is 8.42 Å². The lowest BCUT2D eigenvalue weighted by molar-refractivity contribution is 0.151. The molecule has 0 saturated heterocycles. The van der Waals surface area contributed by atoms with Gasteiger partial charge in [0.15, 0.2) is 0 Å². The third-order valence-electron chi connectivity index (χ3n) is 2.33. The topological polar surface area (TPSA) is 97.5 Å². The van der Waals surface area contributed by atoms with E-state index in [-0.39, 0.29) is 4.90 Å². The fraction of sp³-hybridized carbons (Fsp3) is 0.545. The summed E-state index contributed by atoms with van der Waals surface area (Å²) in [6.45, 7) is 2.13. The molecule has 0 saturated carbocycles. The van der Waals surface area contributed by atoms with Gasteiger partial charge < -0.3 is 15.8 Å². The van der Waals surface area contributed by atoms with Gasteiger partial charge in [0.05, 0.1) is 13.2 Å². The van der Waals surface area contributed by atoms with E-state index < -0.39 is 10.0 Å². The van der Waals surface area contributed by atoms with Crippen molar-refractivity contribution >= 4 is 15.8 Å². The van der Waals surface area contributed by atoms with Gasteiger partial charge in [0.2, 0.25) is 10.0 Å². The van der Waals surface area contributed by atoms with Gasteiger partial charge >= 0.3 is 0 Å². The van der Waals surface area contributed by atoms with Crippen molar-refractivity contribution in [3.8, 4) is 0 Å². The first-order chi connectivity index (χ1) is 8.98. The largest absolute Gasteiger partial charge is 0.378 e. The SMILES string of the molecule is CN(C)S(=O)(=O)c1ccc(NCCOCCN)nc1. The molecule has 1 aromatic heterocycles. The molecule has 0 aliphatic heterocycles. The number of nitrogens with two attached hydrogens (primary N) is 1. The third-order valence-corrected chi connectivity index (χ3v) is 4.13. The molecule has 0 radical (unpaired) electrons. The van der Waals surface area contributed by atoms with Gasteiger partial charge in [-0.25, -0.2) is 17.7 Å². The summed E-state index contributed by atoms with van der Waals surface area (Å²) in [6.07, 6.45) is 1.33. The zero-order chi connectivity index (χ0) is 14.3. The Morgan fingerprint density at radius 1 is 1.37 bits per heavy atom. The summed E-state index contributed by atoms with van der Waals surface area (Å²) in [7, 11) is -0.457. The molecule has 0 aliphatic rings. The van der Waals surface area contributed by atoms with Crippen molar-refractivity contribution < 1.29 is 13.2 Å². The summed E-state index contributed by atoms with van der Waals surface area (Å²) in [6, 6.07) is 3.14. The minimum atomic E-state index is -3.42. The Balaban J connectivity index is 2.53. The summed E-state index contributed by atoms with van der Waals surface area (Å²) in [5.74, 6) is 0.606. The number of rotatable bonds is 8. The molecule has 0 amide bonds. The number of pyridine rings is 1. The van der Waals surface area contributed by atoms with Gasteiger partial charge in [-0.3, -0.25) is 0 Å². The number of aromatic nitrogens is 1. The monoisotopic (exact) mass is 288 g/mol. The van der Waals surface area contributed by atoms with E-state index in [0.717, 1.165) is 4.31 Å². The first-order valence-corrected chi connectivity index (χ1v) is 7.32. The fourth-order valence-corrected chi connectivity index (χ4v) is 2.13. The molecule has 1 heterocycles. The third kappa shape index (κ3) is 4.75. The van der Waals surface area contributed by atoms with Crippen LogP contribution in [0.25, 0.3) is 0 Å². The van der Waals surface area contributed by atoms with Gasteiger partial charge in [0.1, 0.15) is 10.7 Å². The maximum absolute atomic E-state index is 11.8. The zero-order valence-corrected chi connectivity index (χ0v) is 12.0. The molecule has 7 nitrogen and oxygen atoms in total. The second-order valence-corrected chi connectivity index (χ2v) is 6.15. The zero-order valence-electron chi connectivity index (χ0n) is 11.2. The number of nitrogens with one attached hydrogen (secondary N) is 1. The highest BCUT2D eigenvalue weighted by molar-refractivity contribution is 7.89. The van der Waals surface area contributed by atoms with Gasteiger partial charge in [-0.2, -0.15) is 0 Å². The predicted octanol–water partition coefficient (Wildman–Crippen LogP) is -0.281. The molecule has 0 unspecified atom stereocenters. The first kappa shape index (κ1) is 15.8. The molecule has 0 aliphatic carbocycles. The van der Waals surface area contributed by atoms with E-state index in [0.29, 0.717) is 32.1 Å². The molecule has 1 aromatic rings. The highest BCUT2D eigenvalue weighted by Crippen LogP contribution is 2.13. The van der Waals surface area contributed by atoms with Crippen molar-refractivity contribution in [1.29, 1.82) is 0 Å². The molecule has 0 aromatic carbocycles. The quantitative estimate of drug-likeness (QED) is 0.638. The van der Waals surface area contributed by atoms with Crippen LogP contribution in [-0.4, -0.2) is 58.1 Å². The smallest absolute Gasteiger partial charge is 0.244 e. The van der Waals surface area contributed by atoms with E-state index in [1.807, 2.05) is 0 Å². The Labute approximate surface area is 113 Å². The van der Waals surface area contributed by atoms with Crippen LogP contribution in [0.15, 0.2) is 23.2 Å². The first-order valence-electron chi connectivity index (χ1n) is 5.88. The minimum Gasteiger partial charge on any atom is -0.378 e. The molecule has 0 atom stereocenters. The molecule has 0 bridgehead atoms.